The van der Waals surface area contributed by atoms with Crippen molar-refractivity contribution in [1.29, 1.82) is 0 Å². The summed E-state index contributed by atoms with van der Waals surface area (Å²) in [5.74, 6) is -1.01. The topological polar surface area (TPSA) is 221 Å². The van der Waals surface area contributed by atoms with E-state index in [-0.39, 0.29) is 48.2 Å². The van der Waals surface area contributed by atoms with Crippen LogP contribution in [-0.2, 0) is 58.1 Å². The molecule has 22 nitrogen and oxygen atoms in total. The summed E-state index contributed by atoms with van der Waals surface area (Å²) in [6, 6.07) is 15.1. The van der Waals surface area contributed by atoms with E-state index in [4.69, 9.17) is 19.7 Å². The van der Waals surface area contributed by atoms with E-state index in [0.717, 1.165) is 89.9 Å². The van der Waals surface area contributed by atoms with Crippen molar-refractivity contribution in [2.24, 2.45) is 0 Å². The molecular weight excluding hydrogens is 935 g/mol. The second-order valence-electron chi connectivity index (χ2n) is 18.0. The van der Waals surface area contributed by atoms with Crippen LogP contribution in [0.1, 0.15) is 56.6 Å². The third kappa shape index (κ3) is 12.1. The minimum atomic E-state index is -0.737. The van der Waals surface area contributed by atoms with Crippen LogP contribution in [0, 0.1) is 11.6 Å². The third-order valence-electron chi connectivity index (χ3n) is 13.1. The molecule has 4 aromatic heterocycles. The predicted octanol–water partition coefficient (Wildman–Crippen LogP) is 1.40. The maximum atomic E-state index is 13.9. The van der Waals surface area contributed by atoms with Crippen LogP contribution in [0.15, 0.2) is 73.3 Å². The summed E-state index contributed by atoms with van der Waals surface area (Å²) in [5, 5.41) is 23.2. The molecule has 0 saturated carbocycles. The first kappa shape index (κ1) is 49.7. The Labute approximate surface area is 413 Å². The number of hydrogen-bond acceptors (Lipinski definition) is 14. The van der Waals surface area contributed by atoms with Crippen LogP contribution in [0.25, 0.3) is 0 Å². The van der Waals surface area contributed by atoms with Gasteiger partial charge >= 0.3 is 0 Å². The monoisotopic (exact) mass is 992 g/mol. The highest BCUT2D eigenvalue weighted by molar-refractivity contribution is 6.01. The maximum Gasteiger partial charge on any atom is 0.291 e. The summed E-state index contributed by atoms with van der Waals surface area (Å²) in [4.78, 5) is 67.7. The first-order valence-corrected chi connectivity index (χ1v) is 24.1. The number of carbonyl (C=O) groups excluding carboxylic acids is 4. The van der Waals surface area contributed by atoms with Gasteiger partial charge in [-0.3, -0.25) is 38.8 Å². The molecule has 4 amide bonds. The van der Waals surface area contributed by atoms with Gasteiger partial charge in [0.25, 0.3) is 23.6 Å². The van der Waals surface area contributed by atoms with Crippen LogP contribution in [-0.4, -0.2) is 174 Å². The second kappa shape index (κ2) is 22.9. The molecule has 2 saturated heterocycles. The van der Waals surface area contributed by atoms with Gasteiger partial charge in [-0.2, -0.15) is 10.2 Å². The third-order valence-corrected chi connectivity index (χ3v) is 13.1. The zero-order valence-corrected chi connectivity index (χ0v) is 40.3. The van der Waals surface area contributed by atoms with Gasteiger partial charge in [0, 0.05) is 103 Å². The molecule has 0 radical (unpaired) electrons. The Kier molecular flexibility index (Phi) is 15.8. The van der Waals surface area contributed by atoms with Crippen molar-refractivity contribution in [3.8, 4) is 0 Å². The number of nitrogens with one attached hydrogen (secondary N) is 2. The van der Waals surface area contributed by atoms with Crippen LogP contribution < -0.4 is 20.4 Å². The largest absolute Gasteiger partial charge is 0.379 e. The lowest BCUT2D eigenvalue weighted by Crippen LogP contribution is -2.47. The molecule has 24 heteroatoms. The molecule has 6 aromatic rings. The Morgan fingerprint density at radius 3 is 1.40 bits per heavy atom. The van der Waals surface area contributed by atoms with Crippen LogP contribution in [0.2, 0.25) is 0 Å². The number of benzene rings is 2. The molecule has 380 valence electrons. The smallest absolute Gasteiger partial charge is 0.291 e. The van der Waals surface area contributed by atoms with E-state index in [1.54, 1.807) is 50.5 Å². The molecule has 2 aromatic carbocycles. The standard InChI is InChI=1S/2C24H29FN8O3/c2*1-30-21-14-18(6-8-31-10-12-36-13-11-31)28-33(21)9-7-20(24(30)35)27-23(34)22-26-16-32(29-22)15-17-4-2-3-5-19(17)25/h2*2-5,14,16,20H,6-13,15H2,1H3,(H,27,34)/t2*20-/m10/s1. The summed E-state index contributed by atoms with van der Waals surface area (Å²) in [7, 11) is 3.38. The van der Waals surface area contributed by atoms with Gasteiger partial charge in [-0.15, -0.1) is 10.2 Å². The number of anilines is 2. The highest BCUT2D eigenvalue weighted by Gasteiger charge is 2.33. The molecule has 4 aliphatic rings. The molecule has 72 heavy (non-hydrogen) atoms. The zero-order valence-electron chi connectivity index (χ0n) is 40.3. The van der Waals surface area contributed by atoms with Crippen LogP contribution in [0.5, 0.6) is 0 Å². The summed E-state index contributed by atoms with van der Waals surface area (Å²) in [6.07, 6.45) is 5.12. The number of fused-ring (bicyclic) bond motifs is 2. The van der Waals surface area contributed by atoms with Gasteiger partial charge in [-0.25, -0.2) is 37.5 Å². The van der Waals surface area contributed by atoms with Crippen molar-refractivity contribution >= 4 is 35.3 Å². The number of carbonyl (C=O) groups is 4. The van der Waals surface area contributed by atoms with E-state index in [1.165, 1.54) is 44.0 Å². The Balaban J connectivity index is 0.000000178. The van der Waals surface area contributed by atoms with E-state index in [0.29, 0.717) is 48.7 Å². The predicted molar refractivity (Wildman–Crippen MR) is 256 cm³/mol. The van der Waals surface area contributed by atoms with Crippen LogP contribution in [0.3, 0.4) is 0 Å². The fourth-order valence-electron chi connectivity index (χ4n) is 8.93. The number of halogens is 2. The number of nitrogens with zero attached hydrogens (tertiary/aromatic N) is 14. The molecular formula is C48H58F2N16O6. The quantitative estimate of drug-likeness (QED) is 0.158. The van der Waals surface area contributed by atoms with Crippen molar-refractivity contribution in [2.75, 3.05) is 89.6 Å². The van der Waals surface area contributed by atoms with Gasteiger partial charge in [0.15, 0.2) is 0 Å². The lowest BCUT2D eigenvalue weighted by Gasteiger charge is -2.26. The van der Waals surface area contributed by atoms with Gasteiger partial charge in [-0.1, -0.05) is 36.4 Å². The van der Waals surface area contributed by atoms with E-state index < -0.39 is 23.9 Å². The number of morpholine rings is 2. The molecule has 0 spiro atoms. The number of likely N-dealkylation sites (N-methyl/N-ethyl adjacent to an activating group) is 2. The van der Waals surface area contributed by atoms with Gasteiger partial charge < -0.3 is 20.1 Å². The average Bonchev–Trinajstić information content (AvgIpc) is 4.22. The SMILES string of the molecule is CN1C(=O)[C@@H](NC(=O)c2ncn(Cc3ccccc3F)n2)CCn2nc(CCN3CCOCC3)cc21.CN1C(=O)[C@H](NC(=O)c2ncn(Cc3ccccc3F)n2)CCn2nc(CCN3CCOCC3)cc21. The average molecular weight is 993 g/mol. The van der Waals surface area contributed by atoms with Gasteiger partial charge in [0.1, 0.15) is 48.0 Å². The van der Waals surface area contributed by atoms with E-state index in [1.807, 2.05) is 21.5 Å². The number of aryl methyl sites for hydroxylation is 2. The van der Waals surface area contributed by atoms with Crippen molar-refractivity contribution in [3.05, 3.63) is 119 Å². The fraction of sp³-hybridized carbons (Fsp3) is 0.458. The number of rotatable bonds is 14. The molecule has 0 aliphatic carbocycles. The summed E-state index contributed by atoms with van der Waals surface area (Å²) in [6.45, 7) is 9.76. The molecule has 0 unspecified atom stereocenters. The summed E-state index contributed by atoms with van der Waals surface area (Å²) >= 11 is 0. The first-order valence-electron chi connectivity index (χ1n) is 24.1. The summed E-state index contributed by atoms with van der Waals surface area (Å²) in [5.41, 5.74) is 2.74. The number of hydrogen-bond donors (Lipinski definition) is 2. The van der Waals surface area contributed by atoms with E-state index >= 15 is 0 Å². The van der Waals surface area contributed by atoms with E-state index in [2.05, 4.69) is 40.6 Å². The van der Waals surface area contributed by atoms with E-state index in [9.17, 15) is 28.0 Å². The highest BCUT2D eigenvalue weighted by atomic mass is 19.1. The molecule has 10 rings (SSSR count). The van der Waals surface area contributed by atoms with Crippen molar-refractivity contribution < 1.29 is 37.4 Å². The van der Waals surface area contributed by atoms with Gasteiger partial charge in [-0.05, 0) is 25.0 Å². The lowest BCUT2D eigenvalue weighted by molar-refractivity contribution is -0.120. The van der Waals surface area contributed by atoms with Crippen molar-refractivity contribution in [1.82, 2.24) is 69.5 Å². The van der Waals surface area contributed by atoms with Crippen LogP contribution >= 0.6 is 0 Å². The first-order chi connectivity index (χ1) is 34.9. The Bertz CT molecular complexity index is 2660. The summed E-state index contributed by atoms with van der Waals surface area (Å²) < 4.78 is 45.0. The molecule has 2 fully saturated rings. The Morgan fingerprint density at radius 1 is 0.597 bits per heavy atom. The highest BCUT2D eigenvalue weighted by Crippen LogP contribution is 2.24. The zero-order chi connectivity index (χ0) is 50.1. The molecule has 8 heterocycles. The van der Waals surface area contributed by atoms with Crippen LogP contribution in [0.4, 0.5) is 20.4 Å². The van der Waals surface area contributed by atoms with Crippen molar-refractivity contribution in [2.45, 2.75) is 63.9 Å². The van der Waals surface area contributed by atoms with Gasteiger partial charge in [0.05, 0.1) is 50.9 Å². The normalized spacial score (nSPS) is 18.7. The maximum absolute atomic E-state index is 13.9. The second-order valence-corrected chi connectivity index (χ2v) is 18.0. The molecule has 0 bridgehead atoms. The Hall–Kier alpha value is -7.28. The molecule has 4 aliphatic heterocycles. The fourth-order valence-corrected chi connectivity index (χ4v) is 8.93. The number of amides is 4. The minimum Gasteiger partial charge on any atom is -0.379 e. The molecule has 2 atom stereocenters. The Morgan fingerprint density at radius 2 is 1.00 bits per heavy atom. The minimum absolute atomic E-state index is 0.0748. The van der Waals surface area contributed by atoms with Crippen molar-refractivity contribution in [3.63, 3.8) is 0 Å². The van der Waals surface area contributed by atoms with Gasteiger partial charge in [0.2, 0.25) is 11.6 Å². The molecule has 2 N–H and O–H groups in total. The number of aromatic nitrogens is 10. The number of ether oxygens (including phenoxy) is 2. The lowest BCUT2D eigenvalue weighted by atomic mass is 10.2.